The predicted octanol–water partition coefficient (Wildman–Crippen LogP) is 3.09. The van der Waals surface area contributed by atoms with Crippen LogP contribution in [0.1, 0.15) is 31.7 Å². The summed E-state index contributed by atoms with van der Waals surface area (Å²) < 4.78 is 26.9. The Morgan fingerprint density at radius 3 is 2.44 bits per heavy atom. The molecule has 7 heteroatoms. The average molecular weight is 358 g/mol. The van der Waals surface area contributed by atoms with Gasteiger partial charge in [-0.15, -0.1) is 0 Å². The highest BCUT2D eigenvalue weighted by molar-refractivity contribution is 7.89. The first-order valence-corrected chi connectivity index (χ1v) is 9.83. The first kappa shape index (κ1) is 17.6. The van der Waals surface area contributed by atoms with Crippen LogP contribution < -0.4 is 5.43 Å². The summed E-state index contributed by atoms with van der Waals surface area (Å²) in [6, 6.07) is 12.4. The molecule has 0 spiro atoms. The third-order valence-corrected chi connectivity index (χ3v) is 6.14. The van der Waals surface area contributed by atoms with E-state index in [1.807, 2.05) is 25.1 Å². The Kier molecular flexibility index (Phi) is 5.45. The van der Waals surface area contributed by atoms with Gasteiger partial charge in [0.05, 0.1) is 10.6 Å². The molecule has 2 aromatic rings. The lowest BCUT2D eigenvalue weighted by atomic mass is 10.1. The first-order valence-electron chi connectivity index (χ1n) is 8.39. The van der Waals surface area contributed by atoms with E-state index in [9.17, 15) is 8.42 Å². The largest absolute Gasteiger partial charge is 0.261 e. The summed E-state index contributed by atoms with van der Waals surface area (Å²) >= 11 is 0. The quantitative estimate of drug-likeness (QED) is 0.658. The van der Waals surface area contributed by atoms with Crippen molar-refractivity contribution < 1.29 is 8.42 Å². The summed E-state index contributed by atoms with van der Waals surface area (Å²) in [5, 5.41) is 4.29. The van der Waals surface area contributed by atoms with Gasteiger partial charge in [0.25, 0.3) is 0 Å². The van der Waals surface area contributed by atoms with Gasteiger partial charge in [0.1, 0.15) is 5.82 Å². The van der Waals surface area contributed by atoms with Crippen molar-refractivity contribution in [2.45, 2.75) is 31.1 Å². The van der Waals surface area contributed by atoms with Crippen LogP contribution in [0.3, 0.4) is 0 Å². The summed E-state index contributed by atoms with van der Waals surface area (Å²) in [7, 11) is -3.39. The van der Waals surface area contributed by atoms with Crippen molar-refractivity contribution in [3.63, 3.8) is 0 Å². The molecule has 0 radical (unpaired) electrons. The Bertz CT molecular complexity index is 827. The number of anilines is 1. The number of hydrogen-bond donors (Lipinski definition) is 1. The molecule has 0 amide bonds. The maximum atomic E-state index is 12.7. The molecule has 1 aromatic heterocycles. The van der Waals surface area contributed by atoms with Crippen molar-refractivity contribution in [1.29, 1.82) is 0 Å². The average Bonchev–Trinajstić information content (AvgIpc) is 2.68. The fourth-order valence-electron chi connectivity index (χ4n) is 2.76. The second-order valence-corrected chi connectivity index (χ2v) is 7.95. The van der Waals surface area contributed by atoms with Gasteiger partial charge in [0, 0.05) is 19.3 Å². The van der Waals surface area contributed by atoms with Crippen LogP contribution in [0.15, 0.2) is 58.7 Å². The summed E-state index contributed by atoms with van der Waals surface area (Å²) in [5.41, 5.74) is 4.51. The van der Waals surface area contributed by atoms with Gasteiger partial charge < -0.3 is 0 Å². The number of nitrogens with one attached hydrogen (secondary N) is 1. The molecule has 1 saturated heterocycles. The van der Waals surface area contributed by atoms with Gasteiger partial charge in [-0.2, -0.15) is 9.41 Å². The third-order valence-electron chi connectivity index (χ3n) is 4.23. The molecule has 0 unspecified atom stereocenters. The van der Waals surface area contributed by atoms with Crippen molar-refractivity contribution in [2.24, 2.45) is 5.10 Å². The molecule has 6 nitrogen and oxygen atoms in total. The van der Waals surface area contributed by atoms with Crippen molar-refractivity contribution in [2.75, 3.05) is 18.5 Å². The molecule has 1 aromatic carbocycles. The number of sulfonamides is 1. The van der Waals surface area contributed by atoms with Crippen LogP contribution in [0.5, 0.6) is 0 Å². The Hall–Kier alpha value is -2.25. The molecule has 1 fully saturated rings. The minimum absolute atomic E-state index is 0.337. The van der Waals surface area contributed by atoms with Crippen molar-refractivity contribution in [3.8, 4) is 0 Å². The molecule has 2 heterocycles. The van der Waals surface area contributed by atoms with E-state index in [0.29, 0.717) is 23.8 Å². The molecule has 3 rings (SSSR count). The maximum absolute atomic E-state index is 12.7. The minimum Gasteiger partial charge on any atom is -0.261 e. The number of hydrogen-bond acceptors (Lipinski definition) is 5. The highest BCUT2D eigenvalue weighted by Gasteiger charge is 2.25. The van der Waals surface area contributed by atoms with E-state index in [2.05, 4.69) is 15.5 Å². The number of aromatic nitrogens is 1. The van der Waals surface area contributed by atoms with Gasteiger partial charge in [-0.25, -0.2) is 13.4 Å². The Balaban J connectivity index is 1.73. The summed E-state index contributed by atoms with van der Waals surface area (Å²) in [5.74, 6) is 0.658. The van der Waals surface area contributed by atoms with E-state index in [1.54, 1.807) is 34.8 Å². The summed E-state index contributed by atoms with van der Waals surface area (Å²) in [4.78, 5) is 4.48. The van der Waals surface area contributed by atoms with Crippen LogP contribution in [-0.4, -0.2) is 36.5 Å². The Labute approximate surface area is 148 Å². The van der Waals surface area contributed by atoms with Crippen LogP contribution in [0.25, 0.3) is 0 Å². The second kappa shape index (κ2) is 7.76. The number of nitrogens with zero attached hydrogens (tertiary/aromatic N) is 3. The van der Waals surface area contributed by atoms with E-state index in [0.717, 1.165) is 30.5 Å². The first-order chi connectivity index (χ1) is 12.1. The zero-order valence-electron chi connectivity index (χ0n) is 14.2. The smallest absolute Gasteiger partial charge is 0.243 e. The second-order valence-electron chi connectivity index (χ2n) is 6.01. The van der Waals surface area contributed by atoms with E-state index in [1.165, 1.54) is 0 Å². The highest BCUT2D eigenvalue weighted by Crippen LogP contribution is 2.21. The fourth-order valence-corrected chi connectivity index (χ4v) is 4.27. The monoisotopic (exact) mass is 358 g/mol. The Morgan fingerprint density at radius 1 is 1.08 bits per heavy atom. The van der Waals surface area contributed by atoms with Gasteiger partial charge in [0.2, 0.25) is 10.0 Å². The van der Waals surface area contributed by atoms with Crippen molar-refractivity contribution >= 4 is 21.6 Å². The lowest BCUT2D eigenvalue weighted by Gasteiger charge is -2.25. The number of pyridine rings is 1. The molecule has 0 saturated carbocycles. The SMILES string of the molecule is C/C(=N/Nc1ccccn1)c1ccc(S(=O)(=O)N2CCCCC2)cc1. The molecule has 25 heavy (non-hydrogen) atoms. The summed E-state index contributed by atoms with van der Waals surface area (Å²) in [6.07, 6.45) is 4.65. The van der Waals surface area contributed by atoms with Crippen LogP contribution >= 0.6 is 0 Å². The van der Waals surface area contributed by atoms with Gasteiger partial charge in [-0.3, -0.25) is 5.43 Å². The van der Waals surface area contributed by atoms with E-state index in [4.69, 9.17) is 0 Å². The number of benzene rings is 1. The lowest BCUT2D eigenvalue weighted by molar-refractivity contribution is 0.346. The predicted molar refractivity (Wildman–Crippen MR) is 99.1 cm³/mol. The minimum atomic E-state index is -3.39. The maximum Gasteiger partial charge on any atom is 0.243 e. The fraction of sp³-hybridized carbons (Fsp3) is 0.333. The number of rotatable bonds is 5. The van der Waals surface area contributed by atoms with E-state index in [-0.39, 0.29) is 0 Å². The number of piperidine rings is 1. The molecular formula is C18H22N4O2S. The van der Waals surface area contributed by atoms with Gasteiger partial charge >= 0.3 is 0 Å². The highest BCUT2D eigenvalue weighted by atomic mass is 32.2. The molecule has 0 aliphatic carbocycles. The van der Waals surface area contributed by atoms with Crippen LogP contribution in [-0.2, 0) is 10.0 Å². The van der Waals surface area contributed by atoms with Crippen molar-refractivity contribution in [1.82, 2.24) is 9.29 Å². The molecule has 1 aliphatic heterocycles. The van der Waals surface area contributed by atoms with Crippen LogP contribution in [0, 0.1) is 0 Å². The van der Waals surface area contributed by atoms with Gasteiger partial charge in [-0.05, 0) is 49.6 Å². The van der Waals surface area contributed by atoms with Gasteiger partial charge in [0.15, 0.2) is 0 Å². The molecule has 1 aliphatic rings. The van der Waals surface area contributed by atoms with Crippen LogP contribution in [0.4, 0.5) is 5.82 Å². The Morgan fingerprint density at radius 2 is 1.80 bits per heavy atom. The summed E-state index contributed by atoms with van der Waals surface area (Å²) in [6.45, 7) is 3.08. The van der Waals surface area contributed by atoms with Crippen LogP contribution in [0.2, 0.25) is 0 Å². The molecule has 1 N–H and O–H groups in total. The molecule has 0 bridgehead atoms. The lowest BCUT2D eigenvalue weighted by Crippen LogP contribution is -2.35. The van der Waals surface area contributed by atoms with E-state index < -0.39 is 10.0 Å². The zero-order valence-corrected chi connectivity index (χ0v) is 15.0. The normalized spacial score (nSPS) is 16.6. The molecule has 0 atom stereocenters. The molecule has 132 valence electrons. The van der Waals surface area contributed by atoms with Crippen molar-refractivity contribution in [3.05, 3.63) is 54.2 Å². The third kappa shape index (κ3) is 4.24. The number of hydrazone groups is 1. The zero-order chi connectivity index (χ0) is 17.7. The van der Waals surface area contributed by atoms with E-state index >= 15 is 0 Å². The topological polar surface area (TPSA) is 74.7 Å². The van der Waals surface area contributed by atoms with Gasteiger partial charge in [-0.1, -0.05) is 24.6 Å². The standard InChI is InChI=1S/C18H22N4O2S/c1-15(20-21-18-7-3-4-12-19-18)16-8-10-17(11-9-16)25(23,24)22-13-5-2-6-14-22/h3-4,7-12H,2,5-6,13-14H2,1H3,(H,19,21)/b20-15-. The molecular weight excluding hydrogens is 336 g/mol.